The molecule has 7 nitrogen and oxygen atoms in total. The number of aliphatic hydroxyl groups excluding tert-OH is 1. The van der Waals surface area contributed by atoms with Crippen LogP contribution in [0, 0.1) is 11.6 Å². The number of halogens is 2. The maximum atomic E-state index is 13.8. The van der Waals surface area contributed by atoms with Crippen LogP contribution in [-0.2, 0) is 34.0 Å². The van der Waals surface area contributed by atoms with Crippen molar-refractivity contribution in [3.05, 3.63) is 95.1 Å². The first kappa shape index (κ1) is 30.2. The molecule has 0 bridgehead atoms. The zero-order valence-corrected chi connectivity index (χ0v) is 22.8. The summed E-state index contributed by atoms with van der Waals surface area (Å²) >= 11 is 0. The average molecular weight is 561 g/mol. The summed E-state index contributed by atoms with van der Waals surface area (Å²) in [7, 11) is -2.36. The average Bonchev–Trinajstić information content (AvgIpc) is 2.91. The fourth-order valence-electron chi connectivity index (χ4n) is 4.15. The summed E-state index contributed by atoms with van der Waals surface area (Å²) in [5, 5.41) is 16.7. The summed E-state index contributed by atoms with van der Waals surface area (Å²) in [6, 6.07) is 16.0. The van der Waals surface area contributed by atoms with Gasteiger partial charge in [0.05, 0.1) is 29.9 Å². The molecule has 3 aromatic rings. The van der Waals surface area contributed by atoms with Crippen molar-refractivity contribution in [1.29, 1.82) is 0 Å². The van der Waals surface area contributed by atoms with Crippen molar-refractivity contribution in [2.24, 2.45) is 0 Å². The lowest BCUT2D eigenvalue weighted by Gasteiger charge is -2.25. The molecular weight excluding hydrogens is 526 g/mol. The molecule has 0 radical (unpaired) electrons. The molecule has 0 aromatic heterocycles. The molecule has 0 aliphatic heterocycles. The Hall–Kier alpha value is -3.34. The highest BCUT2D eigenvalue weighted by molar-refractivity contribution is 7.91. The van der Waals surface area contributed by atoms with Crippen LogP contribution in [0.3, 0.4) is 0 Å². The van der Waals surface area contributed by atoms with E-state index < -0.39 is 45.3 Å². The lowest BCUT2D eigenvalue weighted by Crippen LogP contribution is -2.49. The van der Waals surface area contributed by atoms with E-state index in [1.807, 2.05) is 18.2 Å². The van der Waals surface area contributed by atoms with Crippen LogP contribution in [0.5, 0.6) is 5.75 Å². The molecule has 0 aliphatic carbocycles. The van der Waals surface area contributed by atoms with Gasteiger partial charge in [0.25, 0.3) is 0 Å². The molecule has 39 heavy (non-hydrogen) atoms. The summed E-state index contributed by atoms with van der Waals surface area (Å²) in [4.78, 5) is 12.8. The van der Waals surface area contributed by atoms with Crippen LogP contribution >= 0.6 is 0 Å². The zero-order valence-electron chi connectivity index (χ0n) is 22.0. The van der Waals surface area contributed by atoms with Crippen LogP contribution in [0.1, 0.15) is 30.0 Å². The molecule has 0 saturated heterocycles. The van der Waals surface area contributed by atoms with Crippen LogP contribution in [0.4, 0.5) is 8.78 Å². The number of benzene rings is 3. The monoisotopic (exact) mass is 560 g/mol. The van der Waals surface area contributed by atoms with Crippen LogP contribution in [0.15, 0.2) is 71.6 Å². The highest BCUT2D eigenvalue weighted by atomic mass is 32.2. The highest BCUT2D eigenvalue weighted by Crippen LogP contribution is 2.19. The van der Waals surface area contributed by atoms with Gasteiger partial charge >= 0.3 is 0 Å². The number of carbonyl (C=O) groups is 1. The van der Waals surface area contributed by atoms with Crippen molar-refractivity contribution in [3.8, 4) is 5.75 Å². The molecule has 2 unspecified atom stereocenters. The number of hydrogen-bond donors (Lipinski definition) is 3. The fraction of sp³-hybridized carbons (Fsp3) is 0.345. The first-order chi connectivity index (χ1) is 18.6. The predicted octanol–water partition coefficient (Wildman–Crippen LogP) is 3.58. The molecule has 3 N–H and O–H groups in total. The summed E-state index contributed by atoms with van der Waals surface area (Å²) in [6.45, 7) is 2.61. The van der Waals surface area contributed by atoms with E-state index in [1.54, 1.807) is 12.1 Å². The Balaban J connectivity index is 1.66. The van der Waals surface area contributed by atoms with Gasteiger partial charge in [-0.15, -0.1) is 0 Å². The first-order valence-electron chi connectivity index (χ1n) is 12.7. The number of methoxy groups -OCH3 is 1. The molecule has 210 valence electrons. The predicted molar refractivity (Wildman–Crippen MR) is 145 cm³/mol. The van der Waals surface area contributed by atoms with E-state index in [4.69, 9.17) is 4.74 Å². The van der Waals surface area contributed by atoms with E-state index in [0.717, 1.165) is 30.2 Å². The van der Waals surface area contributed by atoms with Gasteiger partial charge in [0.2, 0.25) is 5.91 Å². The lowest BCUT2D eigenvalue weighted by atomic mass is 10.0. The van der Waals surface area contributed by atoms with Crippen molar-refractivity contribution in [2.75, 3.05) is 19.4 Å². The van der Waals surface area contributed by atoms with Gasteiger partial charge in [-0.2, -0.15) is 0 Å². The minimum atomic E-state index is -3.78. The molecule has 0 spiro atoms. The summed E-state index contributed by atoms with van der Waals surface area (Å²) in [5.74, 6) is -2.25. The van der Waals surface area contributed by atoms with E-state index >= 15 is 0 Å². The van der Waals surface area contributed by atoms with Crippen LogP contribution < -0.4 is 15.4 Å². The topological polar surface area (TPSA) is 105 Å². The second kappa shape index (κ2) is 14.2. The molecule has 3 rings (SSSR count). The Kier molecular flexibility index (Phi) is 11.0. The second-order valence-corrected chi connectivity index (χ2v) is 11.4. The number of nitrogens with one attached hydrogen (secondary N) is 2. The van der Waals surface area contributed by atoms with Gasteiger partial charge in [0, 0.05) is 25.6 Å². The van der Waals surface area contributed by atoms with Gasteiger partial charge in [-0.3, -0.25) is 4.79 Å². The van der Waals surface area contributed by atoms with Gasteiger partial charge in [0.1, 0.15) is 17.4 Å². The Bertz CT molecular complexity index is 1350. The minimum Gasteiger partial charge on any atom is -0.497 e. The standard InChI is InChI=1S/C29H34F2N2O5S/c1-3-20-6-4-7-21(12-20)18-32-19-28(34)27(15-22-13-23(30)16-24(31)14-22)33-29(35)10-11-39(36,37)26-9-5-8-25(17-26)38-2/h4-9,12-14,16-17,27-28,32,34H,3,10-11,15,18-19H2,1-2H3,(H,33,35). The van der Waals surface area contributed by atoms with Gasteiger partial charge < -0.3 is 20.5 Å². The molecular formula is C29H34F2N2O5S. The van der Waals surface area contributed by atoms with Crippen molar-refractivity contribution in [1.82, 2.24) is 10.6 Å². The lowest BCUT2D eigenvalue weighted by molar-refractivity contribution is -0.122. The Morgan fingerprint density at radius 1 is 0.974 bits per heavy atom. The van der Waals surface area contributed by atoms with E-state index in [2.05, 4.69) is 23.6 Å². The van der Waals surface area contributed by atoms with Crippen LogP contribution in [0.25, 0.3) is 0 Å². The van der Waals surface area contributed by atoms with E-state index in [1.165, 1.54) is 24.8 Å². The van der Waals surface area contributed by atoms with E-state index in [9.17, 15) is 27.1 Å². The van der Waals surface area contributed by atoms with E-state index in [0.29, 0.717) is 12.3 Å². The molecule has 0 aliphatic rings. The van der Waals surface area contributed by atoms with Crippen LogP contribution in [0.2, 0.25) is 0 Å². The van der Waals surface area contributed by atoms with Gasteiger partial charge in [-0.1, -0.05) is 37.3 Å². The van der Waals surface area contributed by atoms with Crippen molar-refractivity contribution >= 4 is 15.7 Å². The zero-order chi connectivity index (χ0) is 28.4. The Morgan fingerprint density at radius 3 is 2.36 bits per heavy atom. The quantitative estimate of drug-likeness (QED) is 0.279. The number of aliphatic hydroxyl groups is 1. The van der Waals surface area contributed by atoms with Gasteiger partial charge in [-0.25, -0.2) is 17.2 Å². The van der Waals surface area contributed by atoms with Crippen molar-refractivity contribution < 1.29 is 31.8 Å². The number of sulfone groups is 1. The number of aryl methyl sites for hydroxylation is 1. The minimum absolute atomic E-state index is 0.0258. The number of hydrogen-bond acceptors (Lipinski definition) is 6. The van der Waals surface area contributed by atoms with Crippen molar-refractivity contribution in [3.63, 3.8) is 0 Å². The second-order valence-electron chi connectivity index (χ2n) is 9.28. The van der Waals surface area contributed by atoms with Crippen molar-refractivity contribution in [2.45, 2.75) is 49.8 Å². The van der Waals surface area contributed by atoms with Gasteiger partial charge in [-0.05, 0) is 59.9 Å². The maximum absolute atomic E-state index is 13.8. The largest absolute Gasteiger partial charge is 0.497 e. The molecule has 3 aromatic carbocycles. The smallest absolute Gasteiger partial charge is 0.221 e. The third-order valence-corrected chi connectivity index (χ3v) is 7.98. The summed E-state index contributed by atoms with van der Waals surface area (Å²) in [6.07, 6.45) is -0.651. The molecule has 0 fully saturated rings. The molecule has 10 heteroatoms. The fourth-order valence-corrected chi connectivity index (χ4v) is 5.42. The number of amides is 1. The number of ether oxygens (including phenoxy) is 1. The first-order valence-corrected chi connectivity index (χ1v) is 14.3. The van der Waals surface area contributed by atoms with E-state index in [-0.39, 0.29) is 29.8 Å². The molecule has 2 atom stereocenters. The third kappa shape index (κ3) is 9.42. The summed E-state index contributed by atoms with van der Waals surface area (Å²) in [5.41, 5.74) is 2.45. The third-order valence-electron chi connectivity index (χ3n) is 6.27. The Morgan fingerprint density at radius 2 is 1.67 bits per heavy atom. The van der Waals surface area contributed by atoms with Gasteiger partial charge in [0.15, 0.2) is 9.84 Å². The number of carbonyl (C=O) groups excluding carboxylic acids is 1. The maximum Gasteiger partial charge on any atom is 0.221 e. The normalized spacial score (nSPS) is 13.1. The molecule has 1 amide bonds. The van der Waals surface area contributed by atoms with Crippen LogP contribution in [-0.4, -0.2) is 51.0 Å². The Labute approximate surface area is 228 Å². The molecule has 0 heterocycles. The SMILES string of the molecule is CCc1cccc(CNCC(O)C(Cc2cc(F)cc(F)c2)NC(=O)CCS(=O)(=O)c2cccc(OC)c2)c1. The molecule has 0 saturated carbocycles. The highest BCUT2D eigenvalue weighted by Gasteiger charge is 2.24. The summed E-state index contributed by atoms with van der Waals surface area (Å²) < 4.78 is 58.1. The number of rotatable bonds is 14.